The molecule has 134 valence electrons. The molecule has 1 amide bonds. The van der Waals surface area contributed by atoms with Gasteiger partial charge in [0.05, 0.1) is 11.1 Å². The highest BCUT2D eigenvalue weighted by atomic mass is 32.1. The fraction of sp³-hybridized carbons (Fsp3) is 0.474. The summed E-state index contributed by atoms with van der Waals surface area (Å²) < 4.78 is 5.80. The number of aromatic nitrogens is 1. The van der Waals surface area contributed by atoms with Gasteiger partial charge in [0.15, 0.2) is 0 Å². The molecule has 1 aliphatic heterocycles. The lowest BCUT2D eigenvalue weighted by molar-refractivity contribution is 0.00830. The number of carbonyl (C=O) groups excluding carboxylic acids is 1. The number of piperidine rings is 1. The minimum atomic E-state index is 0.0379. The summed E-state index contributed by atoms with van der Waals surface area (Å²) in [5, 5.41) is 2.86. The van der Waals surface area contributed by atoms with E-state index in [1.807, 2.05) is 28.5 Å². The van der Waals surface area contributed by atoms with Crippen LogP contribution in [-0.2, 0) is 11.2 Å². The molecule has 0 bridgehead atoms. The van der Waals surface area contributed by atoms with Crippen LogP contribution in [0, 0.1) is 0 Å². The molecule has 0 unspecified atom stereocenters. The van der Waals surface area contributed by atoms with Crippen LogP contribution in [0.3, 0.4) is 0 Å². The number of rotatable bonds is 7. The molecule has 2 N–H and O–H groups in total. The number of hydrogen-bond acceptors (Lipinski definition) is 5. The van der Waals surface area contributed by atoms with E-state index in [4.69, 9.17) is 10.5 Å². The summed E-state index contributed by atoms with van der Waals surface area (Å²) >= 11 is 1.56. The number of thiazole rings is 1. The predicted molar refractivity (Wildman–Crippen MR) is 99.9 cm³/mol. The fourth-order valence-corrected chi connectivity index (χ4v) is 3.78. The fourth-order valence-electron chi connectivity index (χ4n) is 2.98. The van der Waals surface area contributed by atoms with Crippen LogP contribution in [-0.4, -0.2) is 48.1 Å². The van der Waals surface area contributed by atoms with Gasteiger partial charge in [-0.1, -0.05) is 30.3 Å². The van der Waals surface area contributed by atoms with Crippen LogP contribution in [0.4, 0.5) is 0 Å². The second-order valence-corrected chi connectivity index (χ2v) is 7.24. The van der Waals surface area contributed by atoms with Gasteiger partial charge in [0.25, 0.3) is 5.91 Å². The Hall–Kier alpha value is -1.76. The van der Waals surface area contributed by atoms with Gasteiger partial charge in [-0.15, -0.1) is 11.3 Å². The first-order valence-corrected chi connectivity index (χ1v) is 9.73. The number of nitrogens with two attached hydrogens (primary N) is 1. The molecular weight excluding hydrogens is 334 g/mol. The molecule has 5 nitrogen and oxygen atoms in total. The summed E-state index contributed by atoms with van der Waals surface area (Å²) in [5.74, 6) is 0.0379. The molecule has 0 spiro atoms. The number of amides is 1. The molecule has 1 saturated heterocycles. The summed E-state index contributed by atoms with van der Waals surface area (Å²) in [5.41, 5.74) is 7.26. The number of hydrogen-bond donors (Lipinski definition) is 1. The summed E-state index contributed by atoms with van der Waals surface area (Å²) in [6.45, 7) is 2.84. The zero-order chi connectivity index (χ0) is 17.5. The standard InChI is InChI=1S/C19H25N3O2S/c20-9-4-12-24-16-7-10-22(11-8-16)19(23)17-14-25-18(21-17)13-15-5-2-1-3-6-15/h1-3,5-6,14,16H,4,7-13,20H2. The van der Waals surface area contributed by atoms with E-state index in [-0.39, 0.29) is 12.0 Å². The van der Waals surface area contributed by atoms with Crippen molar-refractivity contribution in [3.63, 3.8) is 0 Å². The van der Waals surface area contributed by atoms with E-state index in [2.05, 4.69) is 17.1 Å². The van der Waals surface area contributed by atoms with Crippen LogP contribution in [0.1, 0.15) is 40.3 Å². The number of nitrogens with zero attached hydrogens (tertiary/aromatic N) is 2. The van der Waals surface area contributed by atoms with Gasteiger partial charge in [0, 0.05) is 31.5 Å². The summed E-state index contributed by atoms with van der Waals surface area (Å²) in [7, 11) is 0. The minimum absolute atomic E-state index is 0.0379. The molecule has 3 rings (SSSR count). The van der Waals surface area contributed by atoms with E-state index in [1.165, 1.54) is 5.56 Å². The van der Waals surface area contributed by atoms with Crippen molar-refractivity contribution >= 4 is 17.2 Å². The van der Waals surface area contributed by atoms with Gasteiger partial charge in [-0.2, -0.15) is 0 Å². The van der Waals surface area contributed by atoms with Gasteiger partial charge < -0.3 is 15.4 Å². The Bertz CT molecular complexity index is 666. The quantitative estimate of drug-likeness (QED) is 0.772. The summed E-state index contributed by atoms with van der Waals surface area (Å²) in [6, 6.07) is 10.2. The normalized spacial score (nSPS) is 15.5. The molecule has 2 heterocycles. The Morgan fingerprint density at radius 1 is 1.28 bits per heavy atom. The van der Waals surface area contributed by atoms with Crippen LogP contribution >= 0.6 is 11.3 Å². The van der Waals surface area contributed by atoms with Crippen LogP contribution in [0.25, 0.3) is 0 Å². The molecule has 2 aromatic rings. The van der Waals surface area contributed by atoms with Crippen LogP contribution in [0.2, 0.25) is 0 Å². The van der Waals surface area contributed by atoms with Crippen molar-refractivity contribution in [3.8, 4) is 0 Å². The van der Waals surface area contributed by atoms with Crippen LogP contribution < -0.4 is 5.73 Å². The minimum Gasteiger partial charge on any atom is -0.378 e. The van der Waals surface area contributed by atoms with E-state index in [9.17, 15) is 4.79 Å². The second-order valence-electron chi connectivity index (χ2n) is 6.29. The largest absolute Gasteiger partial charge is 0.378 e. The maximum absolute atomic E-state index is 12.6. The molecule has 0 radical (unpaired) electrons. The number of ether oxygens (including phenoxy) is 1. The van der Waals surface area contributed by atoms with Crippen LogP contribution in [0.15, 0.2) is 35.7 Å². The van der Waals surface area contributed by atoms with Crippen molar-refractivity contribution in [2.24, 2.45) is 5.73 Å². The first-order chi connectivity index (χ1) is 12.3. The van der Waals surface area contributed by atoms with Crippen molar-refractivity contribution in [1.82, 2.24) is 9.88 Å². The van der Waals surface area contributed by atoms with Crippen molar-refractivity contribution in [1.29, 1.82) is 0 Å². The van der Waals surface area contributed by atoms with Gasteiger partial charge in [0.2, 0.25) is 0 Å². The Labute approximate surface area is 152 Å². The topological polar surface area (TPSA) is 68.5 Å². The van der Waals surface area contributed by atoms with E-state index in [0.717, 1.165) is 43.8 Å². The molecule has 1 aromatic heterocycles. The van der Waals surface area contributed by atoms with E-state index >= 15 is 0 Å². The Kier molecular flexibility index (Phi) is 6.55. The van der Waals surface area contributed by atoms with Crippen LogP contribution in [0.5, 0.6) is 0 Å². The molecule has 1 aromatic carbocycles. The lowest BCUT2D eigenvalue weighted by Crippen LogP contribution is -2.41. The average molecular weight is 359 g/mol. The molecule has 0 saturated carbocycles. The molecular formula is C19H25N3O2S. The van der Waals surface area contributed by atoms with Gasteiger partial charge in [0.1, 0.15) is 5.69 Å². The molecule has 1 aliphatic rings. The molecule has 25 heavy (non-hydrogen) atoms. The maximum Gasteiger partial charge on any atom is 0.273 e. The Morgan fingerprint density at radius 2 is 2.04 bits per heavy atom. The Morgan fingerprint density at radius 3 is 2.76 bits per heavy atom. The first-order valence-electron chi connectivity index (χ1n) is 8.85. The Balaban J connectivity index is 1.50. The second kappa shape index (κ2) is 9.08. The van der Waals surface area contributed by atoms with Gasteiger partial charge >= 0.3 is 0 Å². The van der Waals surface area contributed by atoms with Gasteiger partial charge in [-0.25, -0.2) is 4.98 Å². The number of benzene rings is 1. The molecule has 0 atom stereocenters. The molecule has 6 heteroatoms. The van der Waals surface area contributed by atoms with E-state index < -0.39 is 0 Å². The monoisotopic (exact) mass is 359 g/mol. The van der Waals surface area contributed by atoms with E-state index in [0.29, 0.717) is 18.8 Å². The summed E-state index contributed by atoms with van der Waals surface area (Å²) in [4.78, 5) is 19.1. The SMILES string of the molecule is NCCCOC1CCN(C(=O)c2csc(Cc3ccccc3)n2)CC1. The zero-order valence-electron chi connectivity index (χ0n) is 14.4. The maximum atomic E-state index is 12.6. The van der Waals surface area contributed by atoms with Gasteiger partial charge in [-0.05, 0) is 31.4 Å². The molecule has 0 aliphatic carbocycles. The number of carbonyl (C=O) groups is 1. The summed E-state index contributed by atoms with van der Waals surface area (Å²) in [6.07, 6.45) is 3.69. The molecule has 1 fully saturated rings. The lowest BCUT2D eigenvalue weighted by atomic mass is 10.1. The number of likely N-dealkylation sites (tertiary alicyclic amines) is 1. The average Bonchev–Trinajstić information content (AvgIpc) is 3.11. The smallest absolute Gasteiger partial charge is 0.273 e. The highest BCUT2D eigenvalue weighted by Gasteiger charge is 2.25. The van der Waals surface area contributed by atoms with Gasteiger partial charge in [-0.3, -0.25) is 4.79 Å². The highest BCUT2D eigenvalue weighted by molar-refractivity contribution is 7.09. The van der Waals surface area contributed by atoms with Crippen molar-refractivity contribution in [2.45, 2.75) is 31.8 Å². The first kappa shape index (κ1) is 18.0. The predicted octanol–water partition coefficient (Wildman–Crippen LogP) is 2.70. The zero-order valence-corrected chi connectivity index (χ0v) is 15.2. The third-order valence-electron chi connectivity index (χ3n) is 4.40. The van der Waals surface area contributed by atoms with Crippen molar-refractivity contribution in [2.75, 3.05) is 26.2 Å². The highest BCUT2D eigenvalue weighted by Crippen LogP contribution is 2.19. The third kappa shape index (κ3) is 5.11. The van der Waals surface area contributed by atoms with Crippen molar-refractivity contribution < 1.29 is 9.53 Å². The third-order valence-corrected chi connectivity index (χ3v) is 5.25. The van der Waals surface area contributed by atoms with E-state index in [1.54, 1.807) is 11.3 Å². The lowest BCUT2D eigenvalue weighted by Gasteiger charge is -2.31. The van der Waals surface area contributed by atoms with Crippen molar-refractivity contribution in [3.05, 3.63) is 52.0 Å².